The summed E-state index contributed by atoms with van der Waals surface area (Å²) in [5.74, 6) is 0.601. The fraction of sp³-hybridized carbons (Fsp3) is 0.786. The molecule has 0 saturated heterocycles. The van der Waals surface area contributed by atoms with Gasteiger partial charge in [-0.2, -0.15) is 0 Å². The van der Waals surface area contributed by atoms with Crippen molar-refractivity contribution in [1.29, 1.82) is 0 Å². The second kappa shape index (κ2) is 10.6. The summed E-state index contributed by atoms with van der Waals surface area (Å²) in [6.45, 7) is 2.05. The van der Waals surface area contributed by atoms with Gasteiger partial charge in [0, 0.05) is 5.48 Å². The Kier molecular flexibility index (Phi) is 6.22. The van der Waals surface area contributed by atoms with Gasteiger partial charge in [0.05, 0.1) is 0 Å². The first kappa shape index (κ1) is 17.6. The summed E-state index contributed by atoms with van der Waals surface area (Å²) in [5.41, 5.74) is 0.939. The molecule has 0 nitrogen and oxygen atoms in total. The molecule has 0 amide bonds. The van der Waals surface area contributed by atoms with Gasteiger partial charge in [-0.15, -0.1) is 0 Å². The molecule has 0 bridgehead atoms. The van der Waals surface area contributed by atoms with Crippen molar-refractivity contribution in [2.45, 2.75) is 109 Å². The lowest BCUT2D eigenvalue weighted by molar-refractivity contribution is 0.150. The van der Waals surface area contributed by atoms with Gasteiger partial charge in [-0.05, 0) is 91.7 Å². The maximum absolute atomic E-state index is 13.6. The molecule has 3 aliphatic rings. The van der Waals surface area contributed by atoms with Crippen LogP contribution in [0.4, 0.5) is 8.78 Å². The molecule has 30 heavy (non-hydrogen) atoms. The average molecular weight is 421 g/mol. The van der Waals surface area contributed by atoms with Crippen molar-refractivity contribution >= 4 is 0 Å². The molecular formula is C28H42F2. The van der Waals surface area contributed by atoms with Crippen LogP contribution < -0.4 is 0 Å². The highest BCUT2D eigenvalue weighted by atomic mass is 19.2. The minimum atomic E-state index is -1.40. The first-order valence-electron chi connectivity index (χ1n) is 14.5. The highest BCUT2D eigenvalue weighted by Gasteiger charge is 2.32. The molecule has 168 valence electrons. The van der Waals surface area contributed by atoms with E-state index in [0.717, 1.165) is 43.1 Å². The quantitative estimate of drug-likeness (QED) is 0.430. The smallest absolute Gasteiger partial charge is 0.159 e. The van der Waals surface area contributed by atoms with E-state index in [1.807, 2.05) is 6.92 Å². The SMILES string of the molecule is [2H]C1([2H])CC(CC)CC([2H])([2H])C1CCC1CCC(C2CCC(c3ccc(F)c(F)c3)CC2)CC1. The van der Waals surface area contributed by atoms with E-state index in [0.29, 0.717) is 31.1 Å². The first-order valence-corrected chi connectivity index (χ1v) is 12.5. The van der Waals surface area contributed by atoms with Gasteiger partial charge in [0.15, 0.2) is 11.6 Å². The molecule has 3 saturated carbocycles. The van der Waals surface area contributed by atoms with Gasteiger partial charge in [-0.25, -0.2) is 8.78 Å². The van der Waals surface area contributed by atoms with Crippen molar-refractivity contribution in [3.05, 3.63) is 35.4 Å². The zero-order valence-corrected chi connectivity index (χ0v) is 18.6. The minimum absolute atomic E-state index is 0.161. The molecule has 0 spiro atoms. The van der Waals surface area contributed by atoms with Crippen molar-refractivity contribution in [2.24, 2.45) is 29.6 Å². The van der Waals surface area contributed by atoms with Gasteiger partial charge >= 0.3 is 0 Å². The molecule has 0 heterocycles. The largest absolute Gasteiger partial charge is 0.204 e. The number of rotatable bonds is 6. The third kappa shape index (κ3) is 5.65. The molecule has 3 aliphatic carbocycles. The molecule has 0 unspecified atom stereocenters. The Morgan fingerprint density at radius 3 is 1.93 bits per heavy atom. The van der Waals surface area contributed by atoms with E-state index >= 15 is 0 Å². The van der Waals surface area contributed by atoms with Crippen LogP contribution in [0.25, 0.3) is 0 Å². The predicted octanol–water partition coefficient (Wildman–Crippen LogP) is 9.04. The summed E-state index contributed by atoms with van der Waals surface area (Å²) in [7, 11) is 0. The van der Waals surface area contributed by atoms with Crippen molar-refractivity contribution in [1.82, 2.24) is 0 Å². The Morgan fingerprint density at radius 2 is 1.33 bits per heavy atom. The molecule has 1 aromatic rings. The van der Waals surface area contributed by atoms with Crippen LogP contribution in [0.15, 0.2) is 18.2 Å². The van der Waals surface area contributed by atoms with Crippen LogP contribution in [0.1, 0.15) is 120 Å². The average Bonchev–Trinajstić information content (AvgIpc) is 2.80. The summed E-state index contributed by atoms with van der Waals surface area (Å²) in [6, 6.07) is 4.38. The molecule has 4 rings (SSSR count). The first-order chi connectivity index (χ1) is 16.1. The van der Waals surface area contributed by atoms with E-state index in [4.69, 9.17) is 5.48 Å². The highest BCUT2D eigenvalue weighted by molar-refractivity contribution is 5.22. The van der Waals surface area contributed by atoms with Gasteiger partial charge in [0.2, 0.25) is 0 Å². The van der Waals surface area contributed by atoms with E-state index in [1.54, 1.807) is 6.07 Å². The van der Waals surface area contributed by atoms with Crippen LogP contribution in [0.2, 0.25) is 0 Å². The summed E-state index contributed by atoms with van der Waals surface area (Å²) < 4.78 is 61.1. The Bertz CT molecular complexity index is 793. The number of hydrogen-bond acceptors (Lipinski definition) is 0. The lowest BCUT2D eigenvalue weighted by Crippen LogP contribution is -2.25. The zero-order chi connectivity index (χ0) is 24.5. The topological polar surface area (TPSA) is 0 Å². The lowest BCUT2D eigenvalue weighted by Gasteiger charge is -2.38. The molecule has 0 radical (unpaired) electrons. The molecule has 0 N–H and O–H groups in total. The van der Waals surface area contributed by atoms with E-state index < -0.39 is 30.3 Å². The molecule has 0 aromatic heterocycles. The summed E-state index contributed by atoms with van der Waals surface area (Å²) in [6.07, 6.45) is 9.98. The summed E-state index contributed by atoms with van der Waals surface area (Å²) >= 11 is 0. The summed E-state index contributed by atoms with van der Waals surface area (Å²) in [4.78, 5) is 0. The van der Waals surface area contributed by atoms with Crippen LogP contribution in [0, 0.1) is 41.2 Å². The van der Waals surface area contributed by atoms with Crippen LogP contribution in [-0.2, 0) is 0 Å². The second-order valence-corrected chi connectivity index (χ2v) is 10.3. The van der Waals surface area contributed by atoms with Crippen LogP contribution in [0.3, 0.4) is 0 Å². The minimum Gasteiger partial charge on any atom is -0.204 e. The fourth-order valence-electron chi connectivity index (χ4n) is 6.30. The predicted molar refractivity (Wildman–Crippen MR) is 121 cm³/mol. The normalized spacial score (nSPS) is 40.6. The Hall–Kier alpha value is -0.920. The molecule has 0 aliphatic heterocycles. The van der Waals surface area contributed by atoms with Crippen molar-refractivity contribution < 1.29 is 14.3 Å². The Morgan fingerprint density at radius 1 is 0.733 bits per heavy atom. The highest BCUT2D eigenvalue weighted by Crippen LogP contribution is 2.45. The zero-order valence-electron chi connectivity index (χ0n) is 22.6. The Labute approximate surface area is 188 Å². The van der Waals surface area contributed by atoms with Gasteiger partial charge in [0.1, 0.15) is 0 Å². The number of hydrogen-bond donors (Lipinski definition) is 0. The third-order valence-corrected chi connectivity index (χ3v) is 8.49. The van der Waals surface area contributed by atoms with Gasteiger partial charge in [0.25, 0.3) is 0 Å². The second-order valence-electron chi connectivity index (χ2n) is 10.3. The molecule has 2 heteroatoms. The van der Waals surface area contributed by atoms with E-state index in [2.05, 4.69) is 0 Å². The maximum atomic E-state index is 13.6. The van der Waals surface area contributed by atoms with Crippen molar-refractivity contribution in [2.75, 3.05) is 0 Å². The van der Waals surface area contributed by atoms with Gasteiger partial charge < -0.3 is 0 Å². The molecular weight excluding hydrogens is 374 g/mol. The van der Waals surface area contributed by atoms with E-state index in [-0.39, 0.29) is 5.92 Å². The monoisotopic (exact) mass is 420 g/mol. The lowest BCUT2D eigenvalue weighted by atomic mass is 9.67. The number of halogens is 2. The molecule has 0 atom stereocenters. The molecule has 3 fully saturated rings. The third-order valence-electron chi connectivity index (χ3n) is 8.49. The number of benzene rings is 1. The van der Waals surface area contributed by atoms with Gasteiger partial charge in [-0.1, -0.05) is 70.7 Å². The van der Waals surface area contributed by atoms with E-state index in [1.165, 1.54) is 50.7 Å². The van der Waals surface area contributed by atoms with Crippen LogP contribution in [-0.4, -0.2) is 0 Å². The fourth-order valence-corrected chi connectivity index (χ4v) is 6.30. The standard InChI is InChI=1S/C28H42F2/c1-2-20-3-5-21(6-4-20)7-8-22-9-11-23(12-10-22)24-13-15-25(16-14-24)26-17-18-27(29)28(30)19-26/h17-25H,2-16H2,1H3/i5D2,6D2. The Balaban J connectivity index is 1.22. The maximum Gasteiger partial charge on any atom is 0.159 e. The summed E-state index contributed by atoms with van der Waals surface area (Å²) in [5, 5.41) is 0. The van der Waals surface area contributed by atoms with Crippen LogP contribution >= 0.6 is 0 Å². The van der Waals surface area contributed by atoms with Crippen LogP contribution in [0.5, 0.6) is 0 Å². The van der Waals surface area contributed by atoms with Crippen molar-refractivity contribution in [3.63, 3.8) is 0 Å². The molecule has 1 aromatic carbocycles. The van der Waals surface area contributed by atoms with E-state index in [9.17, 15) is 8.78 Å². The van der Waals surface area contributed by atoms with Crippen molar-refractivity contribution in [3.8, 4) is 0 Å². The van der Waals surface area contributed by atoms with Gasteiger partial charge in [-0.3, -0.25) is 0 Å².